The van der Waals surface area contributed by atoms with E-state index in [1.54, 1.807) is 60.6 Å². The summed E-state index contributed by atoms with van der Waals surface area (Å²) in [6, 6.07) is 9.47. The Kier molecular flexibility index (Phi) is 20.9. The van der Waals surface area contributed by atoms with E-state index in [0.29, 0.717) is 46.0 Å². The van der Waals surface area contributed by atoms with Gasteiger partial charge >= 0.3 is 24.0 Å². The number of anilines is 2. The molecule has 0 saturated carbocycles. The van der Waals surface area contributed by atoms with Crippen LogP contribution in [0.15, 0.2) is 36.4 Å². The number of aromatic hydroxyl groups is 2. The number of nitrogens with two attached hydrogens (primary N) is 2. The minimum Gasteiger partial charge on any atom is -0.508 e. The number of rotatable bonds is 12. The number of aryl methyl sites for hydroxylation is 6. The van der Waals surface area contributed by atoms with Crippen LogP contribution in [0.4, 0.5) is 16.7 Å². The first-order valence-corrected chi connectivity index (χ1v) is 22.0. The van der Waals surface area contributed by atoms with Crippen molar-refractivity contribution in [3.63, 3.8) is 0 Å². The van der Waals surface area contributed by atoms with Crippen molar-refractivity contribution in [1.29, 1.82) is 0 Å². The minimum atomic E-state index is -1.00. The third-order valence-corrected chi connectivity index (χ3v) is 10.9. The average molecular weight is 982 g/mol. The molecule has 2 unspecified atom stereocenters. The first-order chi connectivity index (χ1) is 32.0. The fourth-order valence-electron chi connectivity index (χ4n) is 7.62. The van der Waals surface area contributed by atoms with E-state index < -0.39 is 47.6 Å². The number of esters is 2. The van der Waals surface area contributed by atoms with E-state index in [2.05, 4.69) is 50.7 Å². The Balaban J connectivity index is 0.000000288. The number of hydrogen-bond acceptors (Lipinski definition) is 18. The molecule has 69 heavy (non-hydrogen) atoms. The molecule has 0 bridgehead atoms. The van der Waals surface area contributed by atoms with Crippen molar-refractivity contribution >= 4 is 54.2 Å². The number of nitrogens with one attached hydrogen (secondary N) is 4. The van der Waals surface area contributed by atoms with Crippen LogP contribution >= 0.6 is 12.4 Å². The Morgan fingerprint density at radius 3 is 1.55 bits per heavy atom. The fourth-order valence-corrected chi connectivity index (χ4v) is 7.62. The highest BCUT2D eigenvalue weighted by atomic mass is 35.5. The zero-order valence-electron chi connectivity index (χ0n) is 40.4. The summed E-state index contributed by atoms with van der Waals surface area (Å²) in [6.07, 6.45) is 4.56. The van der Waals surface area contributed by atoms with Gasteiger partial charge in [-0.2, -0.15) is 0 Å². The highest BCUT2D eigenvalue weighted by Gasteiger charge is 2.26. The summed E-state index contributed by atoms with van der Waals surface area (Å²) < 4.78 is 14.0. The number of carbonyl (C=O) groups excluding carboxylic acids is 4. The van der Waals surface area contributed by atoms with Gasteiger partial charge in [0.2, 0.25) is 11.9 Å². The summed E-state index contributed by atoms with van der Waals surface area (Å²) >= 11 is 0. The number of hydrogen-bond donors (Lipinski definition) is 9. The monoisotopic (exact) mass is 980 g/mol. The number of alkyl carbamates (subject to hydrolysis) is 1. The molecule has 0 radical (unpaired) electrons. The Labute approximate surface area is 407 Å². The predicted molar refractivity (Wildman–Crippen MR) is 259 cm³/mol. The van der Waals surface area contributed by atoms with E-state index in [9.17, 15) is 34.2 Å². The van der Waals surface area contributed by atoms with Gasteiger partial charge in [0.05, 0.1) is 42.6 Å². The minimum absolute atomic E-state index is 0. The van der Waals surface area contributed by atoms with Crippen LogP contribution in [-0.2, 0) is 49.5 Å². The molecule has 0 saturated heterocycles. The van der Waals surface area contributed by atoms with E-state index in [4.69, 9.17) is 21.3 Å². The predicted octanol–water partition coefficient (Wildman–Crippen LogP) is 3.90. The molecule has 376 valence electrons. The van der Waals surface area contributed by atoms with E-state index in [1.165, 1.54) is 30.9 Å². The Morgan fingerprint density at radius 2 is 1.16 bits per heavy atom. The first kappa shape index (κ1) is 56.5. The van der Waals surface area contributed by atoms with Gasteiger partial charge in [-0.25, -0.2) is 34.3 Å². The summed E-state index contributed by atoms with van der Waals surface area (Å²) in [5.74, 6) is -1.14. The molecule has 2 amide bonds. The maximum Gasteiger partial charge on any atom is 0.407 e. The molecule has 0 aliphatic heterocycles. The SMILES string of the molecule is COC(=O)[C@@H](N)CNC(=O)OC(C)(C)C.COC(=O)[C@H](CN)NC(=O)c1c(C)nc(NC2CCc3cc(O)ccc3C2)nc1C.Cc1nc(NC2CCc3cc(O)ccc3C2)nc(C)c1C(=O)O.Cl. The first-order valence-electron chi connectivity index (χ1n) is 22.0. The molecule has 21 nitrogen and oxygen atoms in total. The quantitative estimate of drug-likeness (QED) is 0.0718. The largest absolute Gasteiger partial charge is 0.508 e. The van der Waals surface area contributed by atoms with Gasteiger partial charge in [0.25, 0.3) is 5.91 Å². The topological polar surface area (TPSA) is 325 Å². The average Bonchev–Trinajstić information content (AvgIpc) is 3.26. The second-order valence-corrected chi connectivity index (χ2v) is 17.4. The summed E-state index contributed by atoms with van der Waals surface area (Å²) in [4.78, 5) is 75.0. The van der Waals surface area contributed by atoms with Crippen molar-refractivity contribution in [2.24, 2.45) is 11.5 Å². The van der Waals surface area contributed by atoms with Gasteiger partial charge in [-0.15, -0.1) is 12.4 Å². The van der Waals surface area contributed by atoms with Crippen LogP contribution in [0.5, 0.6) is 11.5 Å². The summed E-state index contributed by atoms with van der Waals surface area (Å²) in [7, 11) is 2.47. The van der Waals surface area contributed by atoms with Gasteiger partial charge in [-0.3, -0.25) is 9.59 Å². The lowest BCUT2D eigenvalue weighted by molar-refractivity contribution is -0.143. The highest BCUT2D eigenvalue weighted by molar-refractivity contribution is 5.98. The van der Waals surface area contributed by atoms with Crippen LogP contribution in [0.25, 0.3) is 0 Å². The number of ether oxygens (including phenoxy) is 3. The second-order valence-electron chi connectivity index (χ2n) is 17.4. The molecular formula is C47H65ClN10O11. The fraction of sp³-hybridized carbons (Fsp3) is 0.468. The van der Waals surface area contributed by atoms with Crippen molar-refractivity contribution < 1.29 is 53.5 Å². The van der Waals surface area contributed by atoms with Gasteiger partial charge in [0.1, 0.15) is 34.7 Å². The maximum atomic E-state index is 12.6. The number of fused-ring (bicyclic) bond motifs is 2. The number of benzene rings is 2. The molecular weight excluding hydrogens is 916 g/mol. The van der Waals surface area contributed by atoms with E-state index in [1.807, 2.05) is 24.3 Å². The van der Waals surface area contributed by atoms with Crippen LogP contribution in [-0.4, -0.2) is 122 Å². The Morgan fingerprint density at radius 1 is 0.725 bits per heavy atom. The number of phenolic OH excluding ortho intramolecular Hbond substituents is 2. The van der Waals surface area contributed by atoms with Crippen LogP contribution in [0.2, 0.25) is 0 Å². The molecule has 6 rings (SSSR count). The van der Waals surface area contributed by atoms with E-state index in [-0.39, 0.29) is 48.9 Å². The molecule has 2 heterocycles. The number of methoxy groups -OCH3 is 2. The molecule has 2 aromatic carbocycles. The van der Waals surface area contributed by atoms with Crippen molar-refractivity contribution in [1.82, 2.24) is 30.6 Å². The summed E-state index contributed by atoms with van der Waals surface area (Å²) in [5, 5.41) is 39.9. The van der Waals surface area contributed by atoms with Crippen molar-refractivity contribution in [2.75, 3.05) is 37.9 Å². The normalized spacial score (nSPS) is 15.5. The smallest absolute Gasteiger partial charge is 0.407 e. The van der Waals surface area contributed by atoms with E-state index in [0.717, 1.165) is 44.1 Å². The third-order valence-electron chi connectivity index (χ3n) is 10.9. The number of carboxylic acids is 1. The lowest BCUT2D eigenvalue weighted by Gasteiger charge is -2.26. The number of halogens is 1. The van der Waals surface area contributed by atoms with Crippen LogP contribution in [0, 0.1) is 27.7 Å². The summed E-state index contributed by atoms with van der Waals surface area (Å²) in [5.41, 5.74) is 17.5. The van der Waals surface area contributed by atoms with Gasteiger partial charge < -0.3 is 62.3 Å². The lowest BCUT2D eigenvalue weighted by Crippen LogP contribution is -2.46. The van der Waals surface area contributed by atoms with Gasteiger partial charge in [-0.05, 0) is 134 Å². The van der Waals surface area contributed by atoms with Gasteiger partial charge in [-0.1, -0.05) is 12.1 Å². The number of carbonyl (C=O) groups is 5. The zero-order valence-corrected chi connectivity index (χ0v) is 41.2. The maximum absolute atomic E-state index is 12.6. The molecule has 0 fully saturated rings. The second kappa shape index (κ2) is 25.5. The number of aromatic nitrogens is 4. The molecule has 11 N–H and O–H groups in total. The number of amides is 2. The Hall–Kier alpha value is -6.84. The third kappa shape index (κ3) is 16.7. The standard InChI is InChI=1S/C21H27N5O4.C17H19N3O3.C9H18N2O4.ClH/c1-11-18(19(28)26-17(10-22)20(29)30-3)12(2)24-21(23-11)25-15-6-4-14-9-16(27)7-5-13(14)8-15;1-9-15(16(22)23)10(2)19-17(18-9)20-13-5-3-12-8-14(21)6-4-11(12)7-13;1-9(2,3)15-8(13)11-5-6(10)7(12)14-4;/h5,7,9,15,17,27H,4,6,8,10,22H2,1-3H3,(H,26,28)(H,23,24,25);4,6,8,13,21H,3,5,7H2,1-2H3,(H,22,23)(H,18,19,20);6H,5,10H2,1-4H3,(H,11,13);1H/t15?,17-;;6-;/m0.0./s1. The highest BCUT2D eigenvalue weighted by Crippen LogP contribution is 2.28. The van der Waals surface area contributed by atoms with Crippen LogP contribution in [0.1, 0.15) is 99.4 Å². The molecule has 22 heteroatoms. The molecule has 2 aliphatic carbocycles. The summed E-state index contributed by atoms with van der Waals surface area (Å²) in [6.45, 7) is 12.0. The van der Waals surface area contributed by atoms with Crippen molar-refractivity contribution in [3.05, 3.63) is 92.6 Å². The number of nitrogens with zero attached hydrogens (tertiary/aromatic N) is 4. The number of aromatic carboxylic acids is 1. The van der Waals surface area contributed by atoms with Gasteiger partial charge in [0.15, 0.2) is 0 Å². The molecule has 4 aromatic rings. The molecule has 0 spiro atoms. The van der Waals surface area contributed by atoms with Crippen LogP contribution < -0.4 is 32.7 Å². The number of carboxylic acid groups (broad SMARTS) is 1. The molecule has 4 atom stereocenters. The zero-order chi connectivity index (χ0) is 50.5. The molecule has 2 aliphatic rings. The Bertz CT molecular complexity index is 2420. The van der Waals surface area contributed by atoms with Crippen LogP contribution in [0.3, 0.4) is 0 Å². The van der Waals surface area contributed by atoms with Gasteiger partial charge in [0, 0.05) is 25.2 Å². The van der Waals surface area contributed by atoms with E-state index >= 15 is 0 Å². The van der Waals surface area contributed by atoms with Crippen molar-refractivity contribution in [3.8, 4) is 11.5 Å². The lowest BCUT2D eigenvalue weighted by atomic mass is 9.88. The van der Waals surface area contributed by atoms with Crippen molar-refractivity contribution in [2.45, 2.75) is 117 Å². The molecule has 2 aromatic heterocycles. The number of phenols is 2.